The van der Waals surface area contributed by atoms with Crippen molar-refractivity contribution in [1.29, 1.82) is 0 Å². The Morgan fingerprint density at radius 1 is 1.53 bits per heavy atom. The number of amides is 1. The molecule has 1 amide bonds. The zero-order chi connectivity index (χ0) is 13.6. The first-order chi connectivity index (χ1) is 9.10. The van der Waals surface area contributed by atoms with E-state index in [1.165, 1.54) is 0 Å². The maximum absolute atomic E-state index is 11.5. The van der Waals surface area contributed by atoms with Gasteiger partial charge in [-0.25, -0.2) is 4.98 Å². The van der Waals surface area contributed by atoms with Crippen molar-refractivity contribution >= 4 is 44.2 Å². The van der Waals surface area contributed by atoms with Crippen molar-refractivity contribution in [2.75, 3.05) is 25.0 Å². The van der Waals surface area contributed by atoms with Crippen LogP contribution in [0.4, 0.5) is 5.13 Å². The predicted octanol–water partition coefficient (Wildman–Crippen LogP) is 2.44. The monoisotopic (exact) mass is 295 g/mol. The van der Waals surface area contributed by atoms with Crippen LogP contribution in [0.1, 0.15) is 5.56 Å². The first-order valence-corrected chi connectivity index (χ1v) is 7.31. The number of hydrogen-bond acceptors (Lipinski definition) is 4. The second-order valence-corrected chi connectivity index (χ2v) is 6.15. The lowest BCUT2D eigenvalue weighted by atomic mass is 10.0. The minimum Gasteiger partial charge on any atom is -0.359 e. The summed E-state index contributed by atoms with van der Waals surface area (Å²) in [5.41, 5.74) is 1.99. The van der Waals surface area contributed by atoms with Gasteiger partial charge in [-0.1, -0.05) is 22.9 Å². The minimum absolute atomic E-state index is 0.0849. The molecule has 2 heterocycles. The Bertz CT molecular complexity index is 649. The highest BCUT2D eigenvalue weighted by Crippen LogP contribution is 2.35. The average molecular weight is 296 g/mol. The molecular weight excluding hydrogens is 282 g/mol. The fourth-order valence-electron chi connectivity index (χ4n) is 2.23. The Labute approximate surface area is 120 Å². The number of rotatable bonds is 2. The molecule has 3 rings (SSSR count). The summed E-state index contributed by atoms with van der Waals surface area (Å²) >= 11 is 7.76. The van der Waals surface area contributed by atoms with Crippen molar-refractivity contribution in [3.63, 3.8) is 0 Å². The number of anilines is 1. The lowest BCUT2D eigenvalue weighted by molar-refractivity contribution is -0.125. The number of halogens is 1. The molecule has 0 spiro atoms. The van der Waals surface area contributed by atoms with Crippen molar-refractivity contribution in [3.05, 3.63) is 22.7 Å². The zero-order valence-corrected chi connectivity index (χ0v) is 12.3. The number of benzene rings is 1. The van der Waals surface area contributed by atoms with E-state index >= 15 is 0 Å². The van der Waals surface area contributed by atoms with Gasteiger partial charge in [0.25, 0.3) is 0 Å². The van der Waals surface area contributed by atoms with E-state index in [0.717, 1.165) is 39.0 Å². The molecule has 0 unspecified atom stereocenters. The molecule has 100 valence electrons. The highest BCUT2D eigenvalue weighted by atomic mass is 35.5. The molecule has 1 fully saturated rings. The molecule has 0 aliphatic carbocycles. The largest absolute Gasteiger partial charge is 0.359 e. The van der Waals surface area contributed by atoms with Crippen molar-refractivity contribution in [2.24, 2.45) is 5.92 Å². The number of carbonyl (C=O) groups is 1. The van der Waals surface area contributed by atoms with Crippen LogP contribution >= 0.6 is 22.9 Å². The third-order valence-corrected chi connectivity index (χ3v) is 5.00. The van der Waals surface area contributed by atoms with Crippen LogP contribution in [0.5, 0.6) is 0 Å². The fourth-order valence-corrected chi connectivity index (χ4v) is 3.42. The Kier molecular flexibility index (Phi) is 3.11. The zero-order valence-electron chi connectivity index (χ0n) is 10.7. The molecular formula is C13H14ClN3OS. The van der Waals surface area contributed by atoms with Gasteiger partial charge in [-0.3, -0.25) is 4.79 Å². The van der Waals surface area contributed by atoms with Gasteiger partial charge in [0, 0.05) is 25.2 Å². The Morgan fingerprint density at radius 3 is 2.95 bits per heavy atom. The van der Waals surface area contributed by atoms with Crippen LogP contribution in [0.2, 0.25) is 5.02 Å². The highest BCUT2D eigenvalue weighted by Gasteiger charge is 2.33. The van der Waals surface area contributed by atoms with Crippen molar-refractivity contribution in [1.82, 2.24) is 10.3 Å². The quantitative estimate of drug-likeness (QED) is 0.925. The summed E-state index contributed by atoms with van der Waals surface area (Å²) < 4.78 is 1.14. The van der Waals surface area contributed by atoms with Gasteiger partial charge in [0.1, 0.15) is 0 Å². The number of carbonyl (C=O) groups excluding carboxylic acids is 1. The van der Waals surface area contributed by atoms with Gasteiger partial charge >= 0.3 is 0 Å². The maximum atomic E-state index is 11.5. The van der Waals surface area contributed by atoms with E-state index in [4.69, 9.17) is 11.6 Å². The number of nitrogens with zero attached hydrogens (tertiary/aromatic N) is 2. The molecule has 19 heavy (non-hydrogen) atoms. The van der Waals surface area contributed by atoms with Gasteiger partial charge in [-0.15, -0.1) is 0 Å². The van der Waals surface area contributed by atoms with Crippen molar-refractivity contribution in [2.45, 2.75) is 6.92 Å². The summed E-state index contributed by atoms with van der Waals surface area (Å²) in [5, 5.41) is 4.40. The lowest BCUT2D eigenvalue weighted by Gasteiger charge is -2.37. The Balaban J connectivity index is 1.84. The first kappa shape index (κ1) is 12.7. The van der Waals surface area contributed by atoms with Gasteiger partial charge in [-0.2, -0.15) is 0 Å². The second kappa shape index (κ2) is 4.65. The average Bonchev–Trinajstić information content (AvgIpc) is 2.76. The van der Waals surface area contributed by atoms with Crippen LogP contribution < -0.4 is 10.2 Å². The predicted molar refractivity (Wildman–Crippen MR) is 79.1 cm³/mol. The van der Waals surface area contributed by atoms with E-state index < -0.39 is 0 Å². The summed E-state index contributed by atoms with van der Waals surface area (Å²) in [6.07, 6.45) is 0. The van der Waals surface area contributed by atoms with E-state index in [-0.39, 0.29) is 11.8 Å². The summed E-state index contributed by atoms with van der Waals surface area (Å²) in [4.78, 5) is 18.2. The molecule has 1 aliphatic heterocycles. The molecule has 0 bridgehead atoms. The lowest BCUT2D eigenvalue weighted by Crippen LogP contribution is -2.53. The maximum Gasteiger partial charge on any atom is 0.226 e. The molecule has 6 heteroatoms. The molecule has 0 saturated carbocycles. The third-order valence-electron chi connectivity index (χ3n) is 3.51. The summed E-state index contributed by atoms with van der Waals surface area (Å²) in [6, 6.07) is 3.91. The van der Waals surface area contributed by atoms with Crippen LogP contribution in [0.3, 0.4) is 0 Å². The standard InChI is InChI=1S/C13H14ClN3OS/c1-7-9(14)3-4-10-11(7)16-13(19-10)17-5-8(6-17)12(18)15-2/h3-4,8H,5-6H2,1-2H3,(H,15,18). The van der Waals surface area contributed by atoms with Gasteiger partial charge in [0.15, 0.2) is 5.13 Å². The molecule has 2 aromatic rings. The van der Waals surface area contributed by atoms with Crippen molar-refractivity contribution in [3.8, 4) is 0 Å². The van der Waals surface area contributed by atoms with Crippen LogP contribution in [0, 0.1) is 12.8 Å². The smallest absolute Gasteiger partial charge is 0.226 e. The van der Waals surface area contributed by atoms with Gasteiger partial charge in [-0.05, 0) is 24.6 Å². The molecule has 1 aliphatic rings. The molecule has 1 aromatic heterocycles. The summed E-state index contributed by atoms with van der Waals surface area (Å²) in [7, 11) is 1.67. The number of hydrogen-bond donors (Lipinski definition) is 1. The van der Waals surface area contributed by atoms with E-state index in [2.05, 4.69) is 15.2 Å². The third kappa shape index (κ3) is 2.07. The second-order valence-electron chi connectivity index (χ2n) is 4.73. The molecule has 1 N–H and O–H groups in total. The van der Waals surface area contributed by atoms with E-state index in [1.54, 1.807) is 18.4 Å². The van der Waals surface area contributed by atoms with Gasteiger partial charge in [0.05, 0.1) is 16.1 Å². The Hall–Kier alpha value is -1.33. The SMILES string of the molecule is CNC(=O)C1CN(c2nc3c(C)c(Cl)ccc3s2)C1. The van der Waals surface area contributed by atoms with Gasteiger partial charge < -0.3 is 10.2 Å². The number of fused-ring (bicyclic) bond motifs is 1. The molecule has 1 aromatic carbocycles. The number of aryl methyl sites for hydroxylation is 1. The molecule has 0 radical (unpaired) electrons. The van der Waals surface area contributed by atoms with Crippen LogP contribution in [0.15, 0.2) is 12.1 Å². The van der Waals surface area contributed by atoms with E-state index in [0.29, 0.717) is 0 Å². The van der Waals surface area contributed by atoms with Crippen LogP contribution in [-0.4, -0.2) is 31.0 Å². The van der Waals surface area contributed by atoms with Gasteiger partial charge in [0.2, 0.25) is 5.91 Å². The van der Waals surface area contributed by atoms with Crippen LogP contribution in [0.25, 0.3) is 10.2 Å². The van der Waals surface area contributed by atoms with Crippen LogP contribution in [-0.2, 0) is 4.79 Å². The first-order valence-electron chi connectivity index (χ1n) is 6.12. The number of nitrogens with one attached hydrogen (secondary N) is 1. The molecule has 1 saturated heterocycles. The normalized spacial score (nSPS) is 15.6. The summed E-state index contributed by atoms with van der Waals surface area (Å²) in [5.74, 6) is 0.193. The van der Waals surface area contributed by atoms with Crippen molar-refractivity contribution < 1.29 is 4.79 Å². The van der Waals surface area contributed by atoms with E-state index in [1.807, 2.05) is 19.1 Å². The Morgan fingerprint density at radius 2 is 2.26 bits per heavy atom. The summed E-state index contributed by atoms with van der Waals surface area (Å²) in [6.45, 7) is 3.47. The fraction of sp³-hybridized carbons (Fsp3) is 0.385. The van der Waals surface area contributed by atoms with E-state index in [9.17, 15) is 4.79 Å². The number of thiazole rings is 1. The molecule has 4 nitrogen and oxygen atoms in total. The molecule has 0 atom stereocenters. The minimum atomic E-state index is 0.0849. The highest BCUT2D eigenvalue weighted by molar-refractivity contribution is 7.22. The number of aromatic nitrogens is 1. The topological polar surface area (TPSA) is 45.2 Å².